The summed E-state index contributed by atoms with van der Waals surface area (Å²) in [5.41, 5.74) is 3.41. The van der Waals surface area contributed by atoms with Gasteiger partial charge in [0.05, 0.1) is 17.0 Å². The number of hydrogen-bond acceptors (Lipinski definition) is 3. The molecule has 0 saturated heterocycles. The molecule has 1 heterocycles. The van der Waals surface area contributed by atoms with Crippen LogP contribution < -0.4 is 17.5 Å². The third kappa shape index (κ3) is 11.8. The fourth-order valence-corrected chi connectivity index (χ4v) is 1.91. The molecule has 0 aliphatic rings. The first-order valence-corrected chi connectivity index (χ1v) is 8.51. The van der Waals surface area contributed by atoms with Crippen LogP contribution in [-0.4, -0.2) is 16.3 Å². The smallest absolute Gasteiger partial charge is 1.00 e. The summed E-state index contributed by atoms with van der Waals surface area (Å²) >= 11 is 9.53. The average molecular weight is 601 g/mol. The van der Waals surface area contributed by atoms with Crippen molar-refractivity contribution in [1.82, 2.24) is 4.98 Å². The zero-order valence-corrected chi connectivity index (χ0v) is 19.3. The molecule has 0 fully saturated rings. The minimum Gasteiger partial charge on any atom is -1.00 e. The van der Waals surface area contributed by atoms with Crippen molar-refractivity contribution in [2.75, 3.05) is 5.34 Å². The number of rotatable bonds is 2. The molecule has 0 spiro atoms. The number of carbonyl (C=O) groups is 1. The van der Waals surface area contributed by atoms with Crippen molar-refractivity contribution < 1.29 is 42.1 Å². The molecule has 3 rings (SSSR count). The quantitative estimate of drug-likeness (QED) is 0.420. The number of carbonyl (C=O) groups excluding carboxylic acids is 1. The maximum Gasteiger partial charge on any atom is 2.00 e. The summed E-state index contributed by atoms with van der Waals surface area (Å²) in [5.74, 6) is -1.23. The molecule has 0 amide bonds. The summed E-state index contributed by atoms with van der Waals surface area (Å²) in [6, 6.07) is 24.0. The summed E-state index contributed by atoms with van der Waals surface area (Å²) in [4.78, 5) is 13.8. The van der Waals surface area contributed by atoms with E-state index in [4.69, 9.17) is 23.2 Å². The van der Waals surface area contributed by atoms with E-state index in [0.717, 1.165) is 5.56 Å². The van der Waals surface area contributed by atoms with Gasteiger partial charge in [-0.2, -0.15) is 0 Å². The Morgan fingerprint density at radius 2 is 1.33 bits per heavy atom. The predicted octanol–water partition coefficient (Wildman–Crippen LogP) is 1.53. The summed E-state index contributed by atoms with van der Waals surface area (Å²) in [7, 11) is 0. The maximum absolute atomic E-state index is 10.2. The first kappa shape index (κ1) is 27.8. The molecule has 0 N–H and O–H groups in total. The molecule has 7 heteroatoms. The second-order valence-corrected chi connectivity index (χ2v) is 5.65. The number of halogens is 3. The van der Waals surface area contributed by atoms with Crippen LogP contribution >= 0.6 is 23.2 Å². The molecule has 0 aliphatic carbocycles. The molecule has 0 atom stereocenters. The Morgan fingerprint density at radius 3 is 1.63 bits per heavy atom. The molecule has 3 aromatic rings. The zero-order chi connectivity index (χ0) is 18.5. The van der Waals surface area contributed by atoms with Crippen molar-refractivity contribution in [3.63, 3.8) is 0 Å². The van der Waals surface area contributed by atoms with E-state index in [1.807, 2.05) is 12.1 Å². The number of benzene rings is 2. The number of hydrogen-bond donors (Lipinski definition) is 0. The second-order valence-electron chi connectivity index (χ2n) is 4.84. The fraction of sp³-hybridized carbons (Fsp3) is 0.100. The summed E-state index contributed by atoms with van der Waals surface area (Å²) in [5, 5.41) is 10.4. The van der Waals surface area contributed by atoms with Crippen LogP contribution in [0.25, 0.3) is 11.1 Å². The molecule has 0 unspecified atom stereocenters. The number of aryl methyl sites for hydroxylation is 1. The summed E-state index contributed by atoms with van der Waals surface area (Å²) in [6.07, 6.45) is 1.44. The Morgan fingerprint density at radius 1 is 0.926 bits per heavy atom. The molecular weight excluding hydrogens is 583 g/mol. The minimum absolute atomic E-state index is 0. The van der Waals surface area contributed by atoms with Gasteiger partial charge >= 0.3 is 19.8 Å². The molecule has 0 bridgehead atoms. The van der Waals surface area contributed by atoms with Crippen molar-refractivity contribution in [2.45, 2.75) is 6.92 Å². The average Bonchev–Trinajstić information content (AvgIpc) is 2.64. The van der Waals surface area contributed by atoms with Crippen LogP contribution in [0.2, 0.25) is 0 Å². The van der Waals surface area contributed by atoms with Crippen molar-refractivity contribution in [3.05, 3.63) is 90.3 Å². The topological polar surface area (TPSA) is 53.0 Å². The van der Waals surface area contributed by atoms with E-state index in [9.17, 15) is 9.90 Å². The standard InChI is InChI=1S/C12H10.C7H7NO2.CH2Cl2.ClH.Os/c1-3-7-11(8-4-1)12-9-5-2-6-10-12;1-5-2-3-8-6(4-5)7(9)10;2-1-3;;/h1-10H;2-4H,1H3,(H,9,10);1H2;1H;/q;;;;+2/p-2. The molecule has 1 aromatic heterocycles. The van der Waals surface area contributed by atoms with Crippen LogP contribution in [0.3, 0.4) is 0 Å². The van der Waals surface area contributed by atoms with E-state index in [2.05, 4.69) is 53.5 Å². The van der Waals surface area contributed by atoms with Gasteiger partial charge in [0.25, 0.3) is 0 Å². The number of pyridine rings is 1. The fourth-order valence-electron chi connectivity index (χ4n) is 1.91. The van der Waals surface area contributed by atoms with Gasteiger partial charge in [-0.05, 0) is 35.7 Å². The molecule has 0 saturated carbocycles. The van der Waals surface area contributed by atoms with Crippen LogP contribution in [-0.2, 0) is 19.8 Å². The largest absolute Gasteiger partial charge is 2.00 e. The number of aromatic nitrogens is 1. The summed E-state index contributed by atoms with van der Waals surface area (Å²) in [6.45, 7) is 1.80. The molecule has 144 valence electrons. The van der Waals surface area contributed by atoms with Crippen LogP contribution in [0.5, 0.6) is 0 Å². The van der Waals surface area contributed by atoms with Crippen LogP contribution in [0.15, 0.2) is 79.0 Å². The third-order valence-corrected chi connectivity index (χ3v) is 3.01. The number of aromatic carboxylic acids is 1. The zero-order valence-electron chi connectivity index (χ0n) is 14.5. The Balaban J connectivity index is 0. The van der Waals surface area contributed by atoms with Crippen LogP contribution in [0.4, 0.5) is 0 Å². The second kappa shape index (κ2) is 16.7. The third-order valence-electron chi connectivity index (χ3n) is 3.01. The van der Waals surface area contributed by atoms with E-state index in [1.165, 1.54) is 23.4 Å². The van der Waals surface area contributed by atoms with Crippen molar-refractivity contribution in [2.24, 2.45) is 0 Å². The SMILES string of the molecule is Cc1ccnc(C(=O)[O-])c1.ClCCl.[Cl-].[Os+2].c1ccc(-c2ccccc2)cc1. The van der Waals surface area contributed by atoms with Gasteiger partial charge in [0.1, 0.15) is 0 Å². The molecule has 0 radical (unpaired) electrons. The Hall–Kier alpha value is -1.43. The van der Waals surface area contributed by atoms with Gasteiger partial charge in [-0.15, -0.1) is 23.2 Å². The van der Waals surface area contributed by atoms with Crippen molar-refractivity contribution >= 4 is 29.2 Å². The van der Waals surface area contributed by atoms with Crippen molar-refractivity contribution in [1.29, 1.82) is 0 Å². The van der Waals surface area contributed by atoms with Gasteiger partial charge in [0.2, 0.25) is 0 Å². The Labute approximate surface area is 189 Å². The van der Waals surface area contributed by atoms with E-state index in [0.29, 0.717) is 0 Å². The first-order valence-electron chi connectivity index (χ1n) is 7.45. The van der Waals surface area contributed by atoms with Gasteiger partial charge < -0.3 is 22.3 Å². The number of nitrogens with zero attached hydrogens (tertiary/aromatic N) is 1. The first-order chi connectivity index (χ1) is 12.1. The monoisotopic (exact) mass is 601 g/mol. The van der Waals surface area contributed by atoms with Gasteiger partial charge in [0.15, 0.2) is 0 Å². The number of carboxylic acids is 1. The summed E-state index contributed by atoms with van der Waals surface area (Å²) < 4.78 is 0. The Bertz CT molecular complexity index is 722. The van der Waals surface area contributed by atoms with Gasteiger partial charge in [-0.25, -0.2) is 0 Å². The molecule has 0 aliphatic heterocycles. The Kier molecular flexibility index (Phi) is 17.2. The van der Waals surface area contributed by atoms with Crippen LogP contribution in [0, 0.1) is 6.92 Å². The van der Waals surface area contributed by atoms with Gasteiger partial charge in [0, 0.05) is 6.20 Å². The molecule has 3 nitrogen and oxygen atoms in total. The maximum atomic E-state index is 10.2. The normalized spacial score (nSPS) is 8.41. The molecule has 27 heavy (non-hydrogen) atoms. The van der Waals surface area contributed by atoms with E-state index in [-0.39, 0.29) is 43.2 Å². The van der Waals surface area contributed by atoms with E-state index >= 15 is 0 Å². The molecule has 2 aromatic carbocycles. The number of alkyl halides is 2. The predicted molar refractivity (Wildman–Crippen MR) is 102 cm³/mol. The van der Waals surface area contributed by atoms with Crippen molar-refractivity contribution in [3.8, 4) is 11.1 Å². The van der Waals surface area contributed by atoms with Gasteiger partial charge in [-0.3, -0.25) is 4.98 Å². The minimum atomic E-state index is -1.23. The van der Waals surface area contributed by atoms with Gasteiger partial charge in [-0.1, -0.05) is 60.7 Å². The van der Waals surface area contributed by atoms with E-state index in [1.54, 1.807) is 13.0 Å². The van der Waals surface area contributed by atoms with Crippen LogP contribution in [0.1, 0.15) is 16.1 Å². The number of carboxylic acid groups (broad SMARTS) is 1. The molecular formula is C20H18Cl3NO2Os. The van der Waals surface area contributed by atoms with E-state index < -0.39 is 5.97 Å².